The van der Waals surface area contributed by atoms with Gasteiger partial charge >= 0.3 is 6.03 Å². The first-order chi connectivity index (χ1) is 12.2. The minimum atomic E-state index is -1.35. The lowest BCUT2D eigenvalue weighted by Crippen LogP contribution is -2.41. The van der Waals surface area contributed by atoms with Crippen LogP contribution in [0.2, 0.25) is 5.02 Å². The molecular formula is C18H13ClF2N2O3. The van der Waals surface area contributed by atoms with Crippen molar-refractivity contribution in [2.75, 3.05) is 6.54 Å². The molecule has 1 heterocycles. The van der Waals surface area contributed by atoms with Crippen molar-refractivity contribution >= 4 is 29.3 Å². The van der Waals surface area contributed by atoms with E-state index in [4.69, 9.17) is 11.6 Å². The van der Waals surface area contributed by atoms with E-state index in [0.717, 1.165) is 23.1 Å². The average molecular weight is 379 g/mol. The van der Waals surface area contributed by atoms with Crippen LogP contribution < -0.4 is 5.32 Å². The highest BCUT2D eigenvalue weighted by Crippen LogP contribution is 2.29. The van der Waals surface area contributed by atoms with Gasteiger partial charge in [0, 0.05) is 10.6 Å². The van der Waals surface area contributed by atoms with E-state index < -0.39 is 41.4 Å². The average Bonchev–Trinajstić information content (AvgIpc) is 2.82. The first-order valence-electron chi connectivity index (χ1n) is 7.61. The summed E-state index contributed by atoms with van der Waals surface area (Å²) in [7, 11) is 0. The predicted octanol–water partition coefficient (Wildman–Crippen LogP) is 3.27. The zero-order chi connectivity index (χ0) is 19.1. The number of ketones is 1. The Morgan fingerprint density at radius 1 is 1.12 bits per heavy atom. The molecule has 2 aromatic carbocycles. The maximum atomic E-state index is 13.3. The van der Waals surface area contributed by atoms with E-state index in [1.165, 1.54) is 6.92 Å². The smallest absolute Gasteiger partial charge is 0.319 e. The van der Waals surface area contributed by atoms with E-state index in [1.807, 2.05) is 0 Å². The molecule has 3 rings (SSSR count). The molecule has 0 saturated carbocycles. The third kappa shape index (κ3) is 3.06. The Kier molecular flexibility index (Phi) is 4.50. The number of benzene rings is 2. The molecule has 2 aromatic rings. The van der Waals surface area contributed by atoms with Gasteiger partial charge in [-0.2, -0.15) is 0 Å². The molecule has 0 spiro atoms. The summed E-state index contributed by atoms with van der Waals surface area (Å²) in [6, 6.07) is 8.25. The Morgan fingerprint density at radius 3 is 2.38 bits per heavy atom. The van der Waals surface area contributed by atoms with Crippen molar-refractivity contribution in [1.29, 1.82) is 0 Å². The number of nitrogens with zero attached hydrogens (tertiary/aromatic N) is 1. The molecule has 1 aliphatic heterocycles. The Hall–Kier alpha value is -2.80. The van der Waals surface area contributed by atoms with Crippen LogP contribution in [-0.4, -0.2) is 29.2 Å². The van der Waals surface area contributed by atoms with Gasteiger partial charge < -0.3 is 5.32 Å². The lowest BCUT2D eigenvalue weighted by molar-refractivity contribution is -0.130. The summed E-state index contributed by atoms with van der Waals surface area (Å²) in [5.41, 5.74) is -0.983. The van der Waals surface area contributed by atoms with Crippen LogP contribution in [0.5, 0.6) is 0 Å². The van der Waals surface area contributed by atoms with Gasteiger partial charge in [-0.05, 0) is 42.8 Å². The molecule has 1 atom stereocenters. The third-order valence-electron chi connectivity index (χ3n) is 4.24. The minimum Gasteiger partial charge on any atom is -0.319 e. The molecule has 0 radical (unpaired) electrons. The maximum absolute atomic E-state index is 13.3. The number of halogens is 3. The monoisotopic (exact) mass is 378 g/mol. The zero-order valence-corrected chi connectivity index (χ0v) is 14.3. The lowest BCUT2D eigenvalue weighted by atomic mass is 9.92. The zero-order valence-electron chi connectivity index (χ0n) is 13.6. The van der Waals surface area contributed by atoms with Crippen molar-refractivity contribution in [2.45, 2.75) is 12.5 Å². The summed E-state index contributed by atoms with van der Waals surface area (Å²) in [6.45, 7) is 0.928. The van der Waals surface area contributed by atoms with E-state index in [2.05, 4.69) is 5.32 Å². The number of imide groups is 1. The van der Waals surface area contributed by atoms with Crippen LogP contribution in [0.15, 0.2) is 42.5 Å². The van der Waals surface area contributed by atoms with Gasteiger partial charge in [0.2, 0.25) is 0 Å². The fourth-order valence-electron chi connectivity index (χ4n) is 2.72. The minimum absolute atomic E-state index is 0.135. The van der Waals surface area contributed by atoms with Gasteiger partial charge in [-0.25, -0.2) is 13.6 Å². The molecular weight excluding hydrogens is 366 g/mol. The molecule has 5 nitrogen and oxygen atoms in total. The fourth-order valence-corrected chi connectivity index (χ4v) is 2.85. The van der Waals surface area contributed by atoms with E-state index in [0.29, 0.717) is 10.6 Å². The number of carbonyl (C=O) groups is 3. The van der Waals surface area contributed by atoms with Gasteiger partial charge in [0.25, 0.3) is 5.91 Å². The van der Waals surface area contributed by atoms with Crippen molar-refractivity contribution in [1.82, 2.24) is 10.2 Å². The second-order valence-corrected chi connectivity index (χ2v) is 6.44. The SMILES string of the molecule is C[C@@]1(c2ccc(Cl)cc2)NC(=O)N(CC(=O)c2ccc(F)c(F)c2)C1=O. The highest BCUT2D eigenvalue weighted by molar-refractivity contribution is 6.30. The van der Waals surface area contributed by atoms with Crippen molar-refractivity contribution < 1.29 is 23.2 Å². The van der Waals surface area contributed by atoms with Crippen LogP contribution in [0.4, 0.5) is 13.6 Å². The molecule has 1 N–H and O–H groups in total. The Balaban J connectivity index is 1.84. The lowest BCUT2D eigenvalue weighted by Gasteiger charge is -2.22. The summed E-state index contributed by atoms with van der Waals surface area (Å²) in [6.07, 6.45) is 0. The molecule has 0 bridgehead atoms. The van der Waals surface area contributed by atoms with Crippen LogP contribution >= 0.6 is 11.6 Å². The molecule has 0 aliphatic carbocycles. The second-order valence-electron chi connectivity index (χ2n) is 6.01. The summed E-state index contributed by atoms with van der Waals surface area (Å²) in [5.74, 6) is -3.58. The number of nitrogens with one attached hydrogen (secondary N) is 1. The van der Waals surface area contributed by atoms with E-state index in [-0.39, 0.29) is 5.56 Å². The molecule has 0 unspecified atom stereocenters. The first kappa shape index (κ1) is 18.0. The topological polar surface area (TPSA) is 66.5 Å². The van der Waals surface area contributed by atoms with E-state index in [1.54, 1.807) is 24.3 Å². The van der Waals surface area contributed by atoms with Gasteiger partial charge in [-0.15, -0.1) is 0 Å². The third-order valence-corrected chi connectivity index (χ3v) is 4.49. The number of rotatable bonds is 4. The van der Waals surface area contributed by atoms with Gasteiger partial charge in [0.15, 0.2) is 17.4 Å². The molecule has 0 aromatic heterocycles. The van der Waals surface area contributed by atoms with Crippen LogP contribution in [-0.2, 0) is 10.3 Å². The molecule has 26 heavy (non-hydrogen) atoms. The molecule has 134 valence electrons. The quantitative estimate of drug-likeness (QED) is 0.656. The molecule has 8 heteroatoms. The maximum Gasteiger partial charge on any atom is 0.325 e. The highest BCUT2D eigenvalue weighted by atomic mass is 35.5. The van der Waals surface area contributed by atoms with Crippen LogP contribution in [0.1, 0.15) is 22.8 Å². The standard InChI is InChI=1S/C18H13ClF2N2O3/c1-18(11-3-5-12(19)6-4-11)16(25)23(17(26)22-18)9-15(24)10-2-7-13(20)14(21)8-10/h2-8H,9H2,1H3,(H,22,26)/t18-/m0/s1. The second kappa shape index (κ2) is 6.49. The van der Waals surface area contributed by atoms with Gasteiger partial charge in [-0.1, -0.05) is 23.7 Å². The summed E-state index contributed by atoms with van der Waals surface area (Å²) >= 11 is 5.83. The number of Topliss-reactive ketones (excluding diaryl/α,β-unsaturated/α-hetero) is 1. The van der Waals surface area contributed by atoms with Crippen LogP contribution in [0, 0.1) is 11.6 Å². The number of carbonyl (C=O) groups excluding carboxylic acids is 3. The molecule has 3 amide bonds. The summed E-state index contributed by atoms with van der Waals surface area (Å²) in [5, 5.41) is 3.02. The first-order valence-corrected chi connectivity index (χ1v) is 7.98. The number of urea groups is 1. The van der Waals surface area contributed by atoms with Gasteiger partial charge in [0.05, 0.1) is 6.54 Å². The van der Waals surface area contributed by atoms with Crippen LogP contribution in [0.3, 0.4) is 0 Å². The Labute approximate surface area is 152 Å². The summed E-state index contributed by atoms with van der Waals surface area (Å²) in [4.78, 5) is 38.0. The number of amides is 3. The van der Waals surface area contributed by atoms with Crippen molar-refractivity contribution in [2.24, 2.45) is 0 Å². The highest BCUT2D eigenvalue weighted by Gasteiger charge is 2.49. The molecule has 1 fully saturated rings. The molecule has 1 saturated heterocycles. The van der Waals surface area contributed by atoms with Crippen molar-refractivity contribution in [3.63, 3.8) is 0 Å². The fraction of sp³-hybridized carbons (Fsp3) is 0.167. The predicted molar refractivity (Wildman–Crippen MR) is 89.7 cm³/mol. The van der Waals surface area contributed by atoms with E-state index >= 15 is 0 Å². The summed E-state index contributed by atoms with van der Waals surface area (Å²) < 4.78 is 26.3. The van der Waals surface area contributed by atoms with E-state index in [9.17, 15) is 23.2 Å². The van der Waals surface area contributed by atoms with Gasteiger partial charge in [0.1, 0.15) is 5.54 Å². The Morgan fingerprint density at radius 2 is 1.77 bits per heavy atom. The molecule has 1 aliphatic rings. The Bertz CT molecular complexity index is 917. The van der Waals surface area contributed by atoms with Crippen LogP contribution in [0.25, 0.3) is 0 Å². The largest absolute Gasteiger partial charge is 0.325 e. The van der Waals surface area contributed by atoms with Gasteiger partial charge in [-0.3, -0.25) is 14.5 Å². The van der Waals surface area contributed by atoms with Crippen molar-refractivity contribution in [3.8, 4) is 0 Å². The normalized spacial score (nSPS) is 19.6. The number of hydrogen-bond acceptors (Lipinski definition) is 3. The van der Waals surface area contributed by atoms with Crippen molar-refractivity contribution in [3.05, 3.63) is 70.2 Å². The number of hydrogen-bond donors (Lipinski definition) is 1.